The second-order valence-electron chi connectivity index (χ2n) is 6.03. The smallest absolute Gasteiger partial charge is 0.416 e. The summed E-state index contributed by atoms with van der Waals surface area (Å²) >= 11 is 0. The lowest BCUT2D eigenvalue weighted by molar-refractivity contribution is -0.137. The molecule has 0 atom stereocenters. The molecule has 0 aliphatic carbocycles. The van der Waals surface area contributed by atoms with E-state index in [4.69, 9.17) is 10.5 Å². The molecule has 3 rings (SSSR count). The van der Waals surface area contributed by atoms with E-state index in [1.807, 2.05) is 0 Å². The van der Waals surface area contributed by atoms with Crippen LogP contribution in [0.1, 0.15) is 43.4 Å². The monoisotopic (exact) mass is 369 g/mol. The van der Waals surface area contributed by atoms with Crippen LogP contribution in [0.2, 0.25) is 0 Å². The Morgan fingerprint density at radius 1 is 1.15 bits per heavy atom. The van der Waals surface area contributed by atoms with Gasteiger partial charge in [0.15, 0.2) is 0 Å². The van der Waals surface area contributed by atoms with E-state index < -0.39 is 17.5 Å². The van der Waals surface area contributed by atoms with E-state index in [-0.39, 0.29) is 23.6 Å². The SMILES string of the molecule is CCC.Nc1cc2c(nn1)-c1c(O)cc(C(F)(F)F)cc1COCCC2. The van der Waals surface area contributed by atoms with Crippen molar-refractivity contribution in [2.45, 2.75) is 45.9 Å². The van der Waals surface area contributed by atoms with Gasteiger partial charge in [0.25, 0.3) is 0 Å². The number of nitrogens with two attached hydrogens (primary N) is 1. The zero-order chi connectivity index (χ0) is 19.3. The molecule has 1 aromatic heterocycles. The van der Waals surface area contributed by atoms with Crippen molar-refractivity contribution in [2.75, 3.05) is 12.3 Å². The largest absolute Gasteiger partial charge is 0.507 e. The van der Waals surface area contributed by atoms with Gasteiger partial charge in [-0.25, -0.2) is 0 Å². The molecule has 26 heavy (non-hydrogen) atoms. The maximum Gasteiger partial charge on any atom is 0.416 e. The molecule has 0 bridgehead atoms. The zero-order valence-electron chi connectivity index (χ0n) is 14.7. The minimum Gasteiger partial charge on any atom is -0.507 e. The van der Waals surface area contributed by atoms with Gasteiger partial charge in [-0.15, -0.1) is 10.2 Å². The summed E-state index contributed by atoms with van der Waals surface area (Å²) in [4.78, 5) is 0. The number of fused-ring (bicyclic) bond motifs is 3. The molecule has 0 fully saturated rings. The molecule has 5 nitrogen and oxygen atoms in total. The molecule has 2 heterocycles. The van der Waals surface area contributed by atoms with Crippen LogP contribution >= 0.6 is 0 Å². The summed E-state index contributed by atoms with van der Waals surface area (Å²) in [5, 5.41) is 17.9. The quantitative estimate of drug-likeness (QED) is 0.722. The number of phenols is 1. The first-order valence-corrected chi connectivity index (χ1v) is 8.41. The normalized spacial score (nSPS) is 14.0. The van der Waals surface area contributed by atoms with Crippen LogP contribution in [-0.2, 0) is 23.9 Å². The van der Waals surface area contributed by atoms with Gasteiger partial charge in [-0.2, -0.15) is 13.2 Å². The minimum atomic E-state index is -4.55. The lowest BCUT2D eigenvalue weighted by Gasteiger charge is -2.16. The van der Waals surface area contributed by atoms with E-state index >= 15 is 0 Å². The van der Waals surface area contributed by atoms with Crippen LogP contribution in [0.5, 0.6) is 5.75 Å². The molecule has 0 spiro atoms. The molecule has 1 aromatic carbocycles. The fraction of sp³-hybridized carbons (Fsp3) is 0.444. The number of alkyl halides is 3. The molecule has 142 valence electrons. The molecule has 0 amide bonds. The number of rotatable bonds is 0. The first kappa shape index (κ1) is 20.0. The molecule has 0 saturated heterocycles. The van der Waals surface area contributed by atoms with Gasteiger partial charge in [0, 0.05) is 12.2 Å². The van der Waals surface area contributed by atoms with Crippen molar-refractivity contribution in [2.24, 2.45) is 0 Å². The Kier molecular flexibility index (Phi) is 6.42. The highest BCUT2D eigenvalue weighted by molar-refractivity contribution is 5.74. The molecule has 1 aliphatic rings. The van der Waals surface area contributed by atoms with Gasteiger partial charge in [0.1, 0.15) is 17.3 Å². The van der Waals surface area contributed by atoms with E-state index in [2.05, 4.69) is 24.0 Å². The fourth-order valence-corrected chi connectivity index (χ4v) is 2.63. The van der Waals surface area contributed by atoms with Crippen LogP contribution in [0.4, 0.5) is 19.0 Å². The van der Waals surface area contributed by atoms with E-state index in [1.165, 1.54) is 6.42 Å². The van der Waals surface area contributed by atoms with Crippen LogP contribution in [0.25, 0.3) is 11.3 Å². The average molecular weight is 369 g/mol. The summed E-state index contributed by atoms with van der Waals surface area (Å²) in [6, 6.07) is 3.29. The van der Waals surface area contributed by atoms with Gasteiger partial charge < -0.3 is 15.6 Å². The van der Waals surface area contributed by atoms with Gasteiger partial charge in [-0.3, -0.25) is 0 Å². The number of nitrogens with zero attached hydrogens (tertiary/aromatic N) is 2. The number of aromatic hydroxyl groups is 1. The van der Waals surface area contributed by atoms with Crippen molar-refractivity contribution in [1.29, 1.82) is 0 Å². The van der Waals surface area contributed by atoms with Crippen molar-refractivity contribution < 1.29 is 23.0 Å². The van der Waals surface area contributed by atoms with Gasteiger partial charge in [0.2, 0.25) is 0 Å². The number of halogens is 3. The molecule has 8 heteroatoms. The number of aromatic nitrogens is 2. The van der Waals surface area contributed by atoms with E-state index in [1.54, 1.807) is 6.07 Å². The van der Waals surface area contributed by atoms with Crippen LogP contribution in [0, 0.1) is 0 Å². The van der Waals surface area contributed by atoms with Gasteiger partial charge in [-0.1, -0.05) is 20.3 Å². The Balaban J connectivity index is 0.000000758. The van der Waals surface area contributed by atoms with Crippen molar-refractivity contribution in [1.82, 2.24) is 10.2 Å². The van der Waals surface area contributed by atoms with Crippen LogP contribution < -0.4 is 5.73 Å². The summed E-state index contributed by atoms with van der Waals surface area (Å²) in [6.45, 7) is 4.59. The van der Waals surface area contributed by atoms with Gasteiger partial charge in [-0.05, 0) is 42.2 Å². The molecular formula is C18H22F3N3O2. The van der Waals surface area contributed by atoms with Crippen LogP contribution in [0.15, 0.2) is 18.2 Å². The second-order valence-corrected chi connectivity index (χ2v) is 6.03. The number of ether oxygens (including phenoxy) is 1. The van der Waals surface area contributed by atoms with Crippen LogP contribution in [0.3, 0.4) is 0 Å². The maximum atomic E-state index is 13.0. The standard InChI is InChI=1S/C15H14F3N3O2.C3H8/c16-15(17,18)10-4-9-7-23-3-1-2-8-5-12(19)20-21-14(8)13(9)11(22)6-10;1-3-2/h4-6,22H,1-3,7H2,(H2,19,20);3H2,1-2H3. The van der Waals surface area contributed by atoms with E-state index in [9.17, 15) is 18.3 Å². The predicted octanol–water partition coefficient (Wildman–Crippen LogP) is 4.33. The number of hydrogen-bond acceptors (Lipinski definition) is 5. The second kappa shape index (κ2) is 8.35. The number of hydrogen-bond donors (Lipinski definition) is 2. The third-order valence-electron chi connectivity index (χ3n) is 3.65. The predicted molar refractivity (Wildman–Crippen MR) is 92.5 cm³/mol. The summed E-state index contributed by atoms with van der Waals surface area (Å²) < 4.78 is 44.3. The molecular weight excluding hydrogens is 347 g/mol. The fourth-order valence-electron chi connectivity index (χ4n) is 2.63. The summed E-state index contributed by atoms with van der Waals surface area (Å²) in [5.41, 5.74) is 6.20. The topological polar surface area (TPSA) is 81.3 Å². The van der Waals surface area contributed by atoms with Crippen molar-refractivity contribution in [3.63, 3.8) is 0 Å². The Hall–Kier alpha value is -2.35. The van der Waals surface area contributed by atoms with Gasteiger partial charge >= 0.3 is 6.18 Å². The molecule has 2 aromatic rings. The molecule has 0 saturated carbocycles. The first-order valence-electron chi connectivity index (χ1n) is 8.41. The number of nitrogen functional groups attached to an aromatic ring is 1. The van der Waals surface area contributed by atoms with Gasteiger partial charge in [0.05, 0.1) is 12.2 Å². The summed E-state index contributed by atoms with van der Waals surface area (Å²) in [6.07, 6.45) is -2.06. The Morgan fingerprint density at radius 2 is 1.85 bits per heavy atom. The lowest BCUT2D eigenvalue weighted by atomic mass is 9.96. The van der Waals surface area contributed by atoms with Crippen LogP contribution in [-0.4, -0.2) is 21.9 Å². The average Bonchev–Trinajstić information content (AvgIpc) is 2.63. The van der Waals surface area contributed by atoms with Crippen molar-refractivity contribution >= 4 is 5.82 Å². The maximum absolute atomic E-state index is 13.0. The van der Waals surface area contributed by atoms with E-state index in [0.29, 0.717) is 31.2 Å². The van der Waals surface area contributed by atoms with E-state index in [0.717, 1.165) is 11.6 Å². The lowest BCUT2D eigenvalue weighted by Crippen LogP contribution is -2.08. The molecule has 0 unspecified atom stereocenters. The van der Waals surface area contributed by atoms with Crippen molar-refractivity contribution in [3.05, 3.63) is 34.9 Å². The molecule has 1 aliphatic heterocycles. The Bertz CT molecular complexity index is 764. The molecule has 0 radical (unpaired) electrons. The number of anilines is 1. The number of benzene rings is 1. The third kappa shape index (κ3) is 4.63. The number of phenolic OH excluding ortho intramolecular Hbond substituents is 1. The highest BCUT2D eigenvalue weighted by Crippen LogP contribution is 2.40. The summed E-state index contributed by atoms with van der Waals surface area (Å²) in [7, 11) is 0. The third-order valence-corrected chi connectivity index (χ3v) is 3.65. The highest BCUT2D eigenvalue weighted by atomic mass is 19.4. The minimum absolute atomic E-state index is 0.0433. The summed E-state index contributed by atoms with van der Waals surface area (Å²) in [5.74, 6) is -0.280. The first-order chi connectivity index (χ1) is 12.3. The number of aryl methyl sites for hydroxylation is 1. The Morgan fingerprint density at radius 3 is 2.50 bits per heavy atom. The van der Waals surface area contributed by atoms with Crippen molar-refractivity contribution in [3.8, 4) is 17.0 Å². The highest BCUT2D eigenvalue weighted by Gasteiger charge is 2.33. The zero-order valence-corrected chi connectivity index (χ0v) is 14.7. The Labute approximate surface area is 150 Å². The molecule has 3 N–H and O–H groups in total.